The molecule has 1 rings (SSSR count). The molecule has 2 heteroatoms. The lowest BCUT2D eigenvalue weighted by Gasteiger charge is -2.18. The summed E-state index contributed by atoms with van der Waals surface area (Å²) in [5.74, 6) is 0.565. The van der Waals surface area contributed by atoms with Crippen LogP contribution in [0.2, 0.25) is 0 Å². The molecule has 0 amide bonds. The minimum Gasteiger partial charge on any atom is -0.313 e. The molecule has 0 aromatic rings. The van der Waals surface area contributed by atoms with Crippen LogP contribution in [0.3, 0.4) is 0 Å². The maximum atomic E-state index is 7.02. The lowest BCUT2D eigenvalue weighted by molar-refractivity contribution is 0.427. The molecule has 0 aromatic carbocycles. The van der Waals surface area contributed by atoms with Crippen LogP contribution in [-0.4, -0.2) is 18.8 Å². The summed E-state index contributed by atoms with van der Waals surface area (Å²) in [5, 5.41) is 10.5. The van der Waals surface area contributed by atoms with Gasteiger partial charge in [0.25, 0.3) is 0 Å². The van der Waals surface area contributed by atoms with Crippen LogP contribution in [0.25, 0.3) is 0 Å². The second-order valence-electron chi connectivity index (χ2n) is 3.98. The van der Waals surface area contributed by atoms with E-state index in [1.807, 2.05) is 0 Å². The molecule has 1 aliphatic carbocycles. The molecule has 0 aromatic heterocycles. The Morgan fingerprint density at radius 2 is 2.15 bits per heavy atom. The summed E-state index contributed by atoms with van der Waals surface area (Å²) >= 11 is 0. The third kappa shape index (κ3) is 4.23. The molecule has 2 nitrogen and oxygen atoms in total. The Labute approximate surface area is 80.9 Å². The quantitative estimate of drug-likeness (QED) is 0.478. The van der Waals surface area contributed by atoms with E-state index >= 15 is 0 Å². The minimum absolute atomic E-state index is 0.511. The summed E-state index contributed by atoms with van der Waals surface area (Å²) < 4.78 is 0. The predicted octanol–water partition coefficient (Wildman–Crippen LogP) is 2.36. The Kier molecular flexibility index (Phi) is 4.16. The smallest absolute Gasteiger partial charge is 0.0140 e. The number of hydrogen-bond donors (Lipinski definition) is 2. The maximum Gasteiger partial charge on any atom is 0.0140 e. The first-order valence-electron chi connectivity index (χ1n) is 5.14. The van der Waals surface area contributed by atoms with E-state index < -0.39 is 0 Å². The monoisotopic (exact) mass is 180 g/mol. The highest BCUT2D eigenvalue weighted by Crippen LogP contribution is 2.26. The van der Waals surface area contributed by atoms with Crippen molar-refractivity contribution in [3.8, 4) is 0 Å². The fourth-order valence-corrected chi connectivity index (χ4v) is 1.26. The highest BCUT2D eigenvalue weighted by Gasteiger charge is 2.11. The van der Waals surface area contributed by atoms with Crippen molar-refractivity contribution < 1.29 is 0 Å². The van der Waals surface area contributed by atoms with Gasteiger partial charge in [0.15, 0.2) is 0 Å². The van der Waals surface area contributed by atoms with Crippen LogP contribution < -0.4 is 5.32 Å². The fourth-order valence-electron chi connectivity index (χ4n) is 1.26. The minimum atomic E-state index is 0.511. The Balaban J connectivity index is 2.11. The molecule has 1 fully saturated rings. The van der Waals surface area contributed by atoms with Crippen molar-refractivity contribution in [1.82, 2.24) is 5.32 Å². The van der Waals surface area contributed by atoms with E-state index in [1.165, 1.54) is 19.1 Å². The van der Waals surface area contributed by atoms with Gasteiger partial charge in [-0.2, -0.15) is 0 Å². The fraction of sp³-hybridized carbons (Fsp3) is 0.727. The van der Waals surface area contributed by atoms with E-state index in [0.717, 1.165) is 13.0 Å². The Morgan fingerprint density at radius 1 is 1.46 bits per heavy atom. The Bertz CT molecular complexity index is 190. The summed E-state index contributed by atoms with van der Waals surface area (Å²) in [6.45, 7) is 5.38. The van der Waals surface area contributed by atoms with E-state index in [9.17, 15) is 0 Å². The van der Waals surface area contributed by atoms with Gasteiger partial charge in [-0.25, -0.2) is 0 Å². The number of hydrogen-bond acceptors (Lipinski definition) is 2. The summed E-state index contributed by atoms with van der Waals surface area (Å²) in [7, 11) is 0. The molecule has 0 saturated heterocycles. The third-order valence-electron chi connectivity index (χ3n) is 2.71. The predicted molar refractivity (Wildman–Crippen MR) is 57.3 cm³/mol. The van der Waals surface area contributed by atoms with Gasteiger partial charge in [-0.3, -0.25) is 0 Å². The zero-order valence-electron chi connectivity index (χ0n) is 8.64. The van der Waals surface area contributed by atoms with Gasteiger partial charge in [0.05, 0.1) is 0 Å². The van der Waals surface area contributed by atoms with Crippen LogP contribution >= 0.6 is 0 Å². The van der Waals surface area contributed by atoms with E-state index in [-0.39, 0.29) is 0 Å². The van der Waals surface area contributed by atoms with Crippen LogP contribution in [0, 0.1) is 11.3 Å². The molecule has 0 radical (unpaired) electrons. The van der Waals surface area contributed by atoms with Gasteiger partial charge < -0.3 is 10.7 Å². The van der Waals surface area contributed by atoms with E-state index in [1.54, 1.807) is 5.57 Å². The zero-order chi connectivity index (χ0) is 9.68. The highest BCUT2D eigenvalue weighted by atomic mass is 14.9. The number of nitrogens with one attached hydrogen (secondary N) is 2. The Hall–Kier alpha value is -0.630. The second kappa shape index (κ2) is 5.18. The van der Waals surface area contributed by atoms with Crippen molar-refractivity contribution in [2.45, 2.75) is 39.2 Å². The average molecular weight is 180 g/mol. The van der Waals surface area contributed by atoms with Crippen molar-refractivity contribution in [3.63, 3.8) is 0 Å². The van der Waals surface area contributed by atoms with Crippen molar-refractivity contribution >= 4 is 6.21 Å². The van der Waals surface area contributed by atoms with Gasteiger partial charge in [0.1, 0.15) is 0 Å². The van der Waals surface area contributed by atoms with Crippen LogP contribution in [0.1, 0.15) is 33.1 Å². The molecular weight excluding hydrogens is 160 g/mol. The van der Waals surface area contributed by atoms with Crippen LogP contribution in [-0.2, 0) is 0 Å². The molecule has 2 N–H and O–H groups in total. The lowest BCUT2D eigenvalue weighted by Crippen LogP contribution is -2.32. The molecule has 2 unspecified atom stereocenters. The molecule has 2 atom stereocenters. The first-order valence-corrected chi connectivity index (χ1v) is 5.14. The zero-order valence-corrected chi connectivity index (χ0v) is 8.64. The van der Waals surface area contributed by atoms with E-state index in [2.05, 4.69) is 25.2 Å². The molecule has 13 heavy (non-hydrogen) atoms. The molecule has 0 heterocycles. The SMILES string of the molecule is CC(CC=N)C(C)NCC=C1CC1. The summed E-state index contributed by atoms with van der Waals surface area (Å²) in [4.78, 5) is 0. The van der Waals surface area contributed by atoms with Crippen LogP contribution in [0.4, 0.5) is 0 Å². The van der Waals surface area contributed by atoms with Crippen LogP contribution in [0.15, 0.2) is 11.6 Å². The van der Waals surface area contributed by atoms with Crippen LogP contribution in [0.5, 0.6) is 0 Å². The van der Waals surface area contributed by atoms with E-state index in [0.29, 0.717) is 12.0 Å². The summed E-state index contributed by atoms with van der Waals surface area (Å²) in [5.41, 5.74) is 1.60. The molecule has 0 aliphatic heterocycles. The summed E-state index contributed by atoms with van der Waals surface area (Å²) in [6.07, 6.45) is 7.30. The molecule has 1 aliphatic rings. The molecule has 0 bridgehead atoms. The van der Waals surface area contributed by atoms with Gasteiger partial charge in [-0.05, 0) is 38.3 Å². The second-order valence-corrected chi connectivity index (χ2v) is 3.98. The molecular formula is C11H20N2. The largest absolute Gasteiger partial charge is 0.313 e. The third-order valence-corrected chi connectivity index (χ3v) is 2.71. The van der Waals surface area contributed by atoms with Crippen molar-refractivity contribution in [3.05, 3.63) is 11.6 Å². The van der Waals surface area contributed by atoms with Crippen molar-refractivity contribution in [2.24, 2.45) is 5.92 Å². The normalized spacial score (nSPS) is 19.4. The van der Waals surface area contributed by atoms with Gasteiger partial charge in [-0.15, -0.1) is 0 Å². The maximum absolute atomic E-state index is 7.02. The average Bonchev–Trinajstić information content (AvgIpc) is 2.88. The van der Waals surface area contributed by atoms with Gasteiger partial charge in [-0.1, -0.05) is 18.6 Å². The van der Waals surface area contributed by atoms with Gasteiger partial charge in [0, 0.05) is 12.6 Å². The number of rotatable bonds is 6. The molecule has 0 spiro atoms. The van der Waals surface area contributed by atoms with E-state index in [4.69, 9.17) is 5.41 Å². The summed E-state index contributed by atoms with van der Waals surface area (Å²) in [6, 6.07) is 0.511. The lowest BCUT2D eigenvalue weighted by atomic mass is 10.0. The topological polar surface area (TPSA) is 35.9 Å². The van der Waals surface area contributed by atoms with Gasteiger partial charge in [0.2, 0.25) is 0 Å². The van der Waals surface area contributed by atoms with Gasteiger partial charge >= 0.3 is 0 Å². The molecule has 74 valence electrons. The first-order chi connectivity index (χ1) is 6.24. The molecule has 1 saturated carbocycles. The van der Waals surface area contributed by atoms with Crippen molar-refractivity contribution in [2.75, 3.05) is 6.54 Å². The van der Waals surface area contributed by atoms with Crippen molar-refractivity contribution in [1.29, 1.82) is 5.41 Å². The first kappa shape index (κ1) is 10.5. The Morgan fingerprint density at radius 3 is 2.69 bits per heavy atom. The highest BCUT2D eigenvalue weighted by molar-refractivity contribution is 5.53. The number of allylic oxidation sites excluding steroid dienone is 1. The standard InChI is InChI=1S/C11H20N2/c1-9(5-7-12)10(2)13-8-6-11-3-4-11/h6-7,9-10,12-13H,3-5,8H2,1-2H3.